The van der Waals surface area contributed by atoms with E-state index >= 15 is 0 Å². The van der Waals surface area contributed by atoms with Gasteiger partial charge in [-0.25, -0.2) is 9.78 Å². The second-order valence-electron chi connectivity index (χ2n) is 5.28. The van der Waals surface area contributed by atoms with Gasteiger partial charge in [-0.2, -0.15) is 0 Å². The number of anilines is 3. The van der Waals surface area contributed by atoms with E-state index < -0.39 is 0 Å². The number of nitrogens with zero attached hydrogens (tertiary/aromatic N) is 1. The number of amides is 2. The molecule has 120 valence electrons. The smallest absolute Gasteiger partial charge is 0.320 e. The highest BCUT2D eigenvalue weighted by atomic mass is 35.5. The van der Waals surface area contributed by atoms with Crippen LogP contribution in [-0.2, 0) is 0 Å². The molecule has 0 aliphatic heterocycles. The molecule has 2 amide bonds. The molecule has 1 aliphatic carbocycles. The van der Waals surface area contributed by atoms with Crippen LogP contribution in [0.25, 0.3) is 0 Å². The summed E-state index contributed by atoms with van der Waals surface area (Å²) in [6.07, 6.45) is 3.74. The summed E-state index contributed by atoms with van der Waals surface area (Å²) < 4.78 is 5.12. The van der Waals surface area contributed by atoms with Gasteiger partial charge in [0.25, 0.3) is 0 Å². The first-order valence-corrected chi connectivity index (χ1v) is 7.66. The first-order chi connectivity index (χ1) is 11.1. The van der Waals surface area contributed by atoms with E-state index in [1.165, 1.54) is 0 Å². The third kappa shape index (κ3) is 4.26. The van der Waals surface area contributed by atoms with Crippen molar-refractivity contribution < 1.29 is 9.53 Å². The maximum Gasteiger partial charge on any atom is 0.320 e. The van der Waals surface area contributed by atoms with Gasteiger partial charge in [-0.3, -0.25) is 5.32 Å². The van der Waals surface area contributed by atoms with Crippen molar-refractivity contribution in [1.29, 1.82) is 0 Å². The molecule has 0 saturated heterocycles. The number of aromatic nitrogens is 1. The Kier molecular flexibility index (Phi) is 4.52. The molecule has 1 aromatic carbocycles. The van der Waals surface area contributed by atoms with E-state index in [4.69, 9.17) is 16.3 Å². The van der Waals surface area contributed by atoms with E-state index in [0.717, 1.165) is 24.2 Å². The fraction of sp³-hybridized carbons (Fsp3) is 0.250. The highest BCUT2D eigenvalue weighted by Gasteiger charge is 2.23. The summed E-state index contributed by atoms with van der Waals surface area (Å²) in [5, 5.41) is 9.26. The van der Waals surface area contributed by atoms with Crippen LogP contribution in [-0.4, -0.2) is 24.2 Å². The van der Waals surface area contributed by atoms with Gasteiger partial charge in [0, 0.05) is 11.7 Å². The molecule has 0 spiro atoms. The van der Waals surface area contributed by atoms with Crippen LogP contribution in [0, 0.1) is 0 Å². The lowest BCUT2D eigenvalue weighted by Gasteiger charge is -2.10. The van der Waals surface area contributed by atoms with Gasteiger partial charge in [-0.05, 0) is 43.2 Å². The number of pyridine rings is 1. The molecule has 1 saturated carbocycles. The van der Waals surface area contributed by atoms with Crippen LogP contribution in [0.5, 0.6) is 5.75 Å². The van der Waals surface area contributed by atoms with E-state index in [1.54, 1.807) is 31.5 Å². The lowest BCUT2D eigenvalue weighted by Crippen LogP contribution is -2.30. The molecule has 3 N–H and O–H groups in total. The quantitative estimate of drug-likeness (QED) is 0.779. The fourth-order valence-corrected chi connectivity index (χ4v) is 2.28. The molecule has 1 heterocycles. The summed E-state index contributed by atoms with van der Waals surface area (Å²) in [4.78, 5) is 15.8. The van der Waals surface area contributed by atoms with Crippen LogP contribution in [0.2, 0.25) is 5.02 Å². The molecule has 7 heteroatoms. The number of hydrogen-bond acceptors (Lipinski definition) is 4. The average molecular weight is 333 g/mol. The Hall–Kier alpha value is -2.47. The average Bonchev–Trinajstić information content (AvgIpc) is 3.33. The molecule has 1 aromatic heterocycles. The number of carbonyl (C=O) groups excluding carboxylic acids is 1. The molecular weight excluding hydrogens is 316 g/mol. The van der Waals surface area contributed by atoms with Crippen molar-refractivity contribution >= 4 is 34.8 Å². The minimum absolute atomic E-state index is 0.220. The molecule has 0 atom stereocenters. The molecule has 6 nitrogen and oxygen atoms in total. The second kappa shape index (κ2) is 6.75. The van der Waals surface area contributed by atoms with Crippen molar-refractivity contribution in [1.82, 2.24) is 10.3 Å². The van der Waals surface area contributed by atoms with Crippen LogP contribution in [0.3, 0.4) is 0 Å². The fourth-order valence-electron chi connectivity index (χ4n) is 2.02. The van der Waals surface area contributed by atoms with Gasteiger partial charge in [0.15, 0.2) is 0 Å². The molecule has 1 fully saturated rings. The van der Waals surface area contributed by atoms with Gasteiger partial charge >= 0.3 is 6.03 Å². The molecule has 0 bridgehead atoms. The van der Waals surface area contributed by atoms with Gasteiger partial charge < -0.3 is 15.4 Å². The predicted molar refractivity (Wildman–Crippen MR) is 90.7 cm³/mol. The van der Waals surface area contributed by atoms with E-state index in [2.05, 4.69) is 20.9 Å². The van der Waals surface area contributed by atoms with Crippen LogP contribution in [0.1, 0.15) is 12.8 Å². The van der Waals surface area contributed by atoms with Gasteiger partial charge in [-0.15, -0.1) is 0 Å². The number of methoxy groups -OCH3 is 1. The summed E-state index contributed by atoms with van der Waals surface area (Å²) >= 11 is 6.09. The molecule has 3 rings (SSSR count). The van der Waals surface area contributed by atoms with Crippen LogP contribution in [0.4, 0.5) is 22.0 Å². The first kappa shape index (κ1) is 15.4. The normalized spacial score (nSPS) is 13.3. The number of rotatable bonds is 5. The maximum atomic E-state index is 11.6. The Morgan fingerprint density at radius 2 is 2.04 bits per heavy atom. The number of halogens is 1. The predicted octanol–water partition coefficient (Wildman–Crippen LogP) is 3.77. The highest BCUT2D eigenvalue weighted by molar-refractivity contribution is 6.32. The van der Waals surface area contributed by atoms with Gasteiger partial charge in [0.05, 0.1) is 24.0 Å². The van der Waals surface area contributed by atoms with E-state index in [9.17, 15) is 4.79 Å². The van der Waals surface area contributed by atoms with E-state index in [1.807, 2.05) is 12.1 Å². The zero-order chi connectivity index (χ0) is 16.2. The van der Waals surface area contributed by atoms with Crippen LogP contribution >= 0.6 is 11.6 Å². The van der Waals surface area contributed by atoms with Crippen LogP contribution < -0.4 is 20.7 Å². The summed E-state index contributed by atoms with van der Waals surface area (Å²) in [5.41, 5.74) is 1.61. The number of carbonyl (C=O) groups is 1. The number of benzene rings is 1. The lowest BCUT2D eigenvalue weighted by molar-refractivity contribution is 0.251. The minimum Gasteiger partial charge on any atom is -0.495 e. The molecule has 0 unspecified atom stereocenters. The summed E-state index contributed by atoms with van der Waals surface area (Å²) in [5.74, 6) is 1.12. The second-order valence-corrected chi connectivity index (χ2v) is 5.69. The standard InChI is InChI=1S/C16H17ClN4O2/c1-23-14-6-4-11(8-13(14)17)19-12-5-7-15(18-9-12)21-16(22)20-10-2-3-10/h4-10,19H,2-3H2,1H3,(H2,18,20,21,22). The first-order valence-electron chi connectivity index (χ1n) is 7.28. The molecule has 23 heavy (non-hydrogen) atoms. The number of hydrogen-bond donors (Lipinski definition) is 3. The summed E-state index contributed by atoms with van der Waals surface area (Å²) in [6, 6.07) is 9.09. The van der Waals surface area contributed by atoms with Gasteiger partial charge in [0.1, 0.15) is 11.6 Å². The molecule has 1 aliphatic rings. The van der Waals surface area contributed by atoms with Crippen molar-refractivity contribution in [2.75, 3.05) is 17.7 Å². The largest absolute Gasteiger partial charge is 0.495 e. The Morgan fingerprint density at radius 1 is 1.26 bits per heavy atom. The third-order valence-electron chi connectivity index (χ3n) is 3.36. The van der Waals surface area contributed by atoms with Crippen molar-refractivity contribution in [3.8, 4) is 5.75 Å². The zero-order valence-corrected chi connectivity index (χ0v) is 13.4. The van der Waals surface area contributed by atoms with Crippen molar-refractivity contribution in [3.05, 3.63) is 41.6 Å². The van der Waals surface area contributed by atoms with E-state index in [-0.39, 0.29) is 6.03 Å². The highest BCUT2D eigenvalue weighted by Crippen LogP contribution is 2.28. The Bertz CT molecular complexity index is 702. The summed E-state index contributed by atoms with van der Waals surface area (Å²) in [6.45, 7) is 0. The van der Waals surface area contributed by atoms with Crippen LogP contribution in [0.15, 0.2) is 36.5 Å². The Labute approximate surface area is 139 Å². The topological polar surface area (TPSA) is 75.3 Å². The third-order valence-corrected chi connectivity index (χ3v) is 3.65. The Morgan fingerprint density at radius 3 is 2.65 bits per heavy atom. The minimum atomic E-state index is -0.220. The Balaban J connectivity index is 1.60. The monoisotopic (exact) mass is 332 g/mol. The number of nitrogens with one attached hydrogen (secondary N) is 3. The van der Waals surface area contributed by atoms with Crippen molar-refractivity contribution in [2.24, 2.45) is 0 Å². The van der Waals surface area contributed by atoms with Gasteiger partial charge in [0.2, 0.25) is 0 Å². The number of ether oxygens (including phenoxy) is 1. The number of urea groups is 1. The SMILES string of the molecule is COc1ccc(Nc2ccc(NC(=O)NC3CC3)nc2)cc1Cl. The van der Waals surface area contributed by atoms with Crippen molar-refractivity contribution in [3.63, 3.8) is 0 Å². The molecule has 2 aromatic rings. The summed E-state index contributed by atoms with van der Waals surface area (Å²) in [7, 11) is 1.57. The zero-order valence-electron chi connectivity index (χ0n) is 12.6. The maximum absolute atomic E-state index is 11.6. The molecular formula is C16H17ClN4O2. The molecule has 0 radical (unpaired) electrons. The van der Waals surface area contributed by atoms with Crippen molar-refractivity contribution in [2.45, 2.75) is 18.9 Å². The lowest BCUT2D eigenvalue weighted by atomic mass is 10.3. The van der Waals surface area contributed by atoms with E-state index in [0.29, 0.717) is 22.6 Å². The van der Waals surface area contributed by atoms with Gasteiger partial charge in [-0.1, -0.05) is 11.6 Å².